The van der Waals surface area contributed by atoms with Crippen molar-refractivity contribution in [1.29, 1.82) is 0 Å². The fourth-order valence-electron chi connectivity index (χ4n) is 1.54. The number of hydrazine groups is 1. The second-order valence-corrected chi connectivity index (χ2v) is 4.28. The van der Waals surface area contributed by atoms with E-state index in [0.29, 0.717) is 0 Å². The van der Waals surface area contributed by atoms with E-state index in [1.807, 2.05) is 11.8 Å². The summed E-state index contributed by atoms with van der Waals surface area (Å²) >= 11 is 1.83. The predicted octanol–water partition coefficient (Wildman–Crippen LogP) is 1.08. The third kappa shape index (κ3) is 2.14. The zero-order valence-corrected chi connectivity index (χ0v) is 8.07. The molecule has 0 atom stereocenters. The Hall–Kier alpha value is -0.220. The summed E-state index contributed by atoms with van der Waals surface area (Å²) in [5, 5.41) is 3.41. The lowest BCUT2D eigenvalue weighted by atomic mass is 10.2. The second-order valence-electron chi connectivity index (χ2n) is 3.19. The van der Waals surface area contributed by atoms with Gasteiger partial charge in [-0.15, -0.1) is 0 Å². The molecular weight excluding hydrogens is 170 g/mol. The number of piperidine rings is 1. The maximum absolute atomic E-state index is 4.36. The molecule has 4 heteroatoms. The molecule has 0 bridgehead atoms. The quantitative estimate of drug-likeness (QED) is 0.662. The van der Waals surface area contributed by atoms with Crippen molar-refractivity contribution < 1.29 is 0 Å². The highest BCUT2D eigenvalue weighted by atomic mass is 32.2. The molecule has 2 aliphatic heterocycles. The fraction of sp³-hybridized carbons (Fsp3) is 0.875. The molecule has 12 heavy (non-hydrogen) atoms. The summed E-state index contributed by atoms with van der Waals surface area (Å²) in [7, 11) is 0. The van der Waals surface area contributed by atoms with Crippen LogP contribution in [-0.4, -0.2) is 35.6 Å². The molecule has 0 aliphatic carbocycles. The Morgan fingerprint density at radius 1 is 1.25 bits per heavy atom. The van der Waals surface area contributed by atoms with Gasteiger partial charge in [-0.05, 0) is 12.8 Å². The second kappa shape index (κ2) is 4.14. The van der Waals surface area contributed by atoms with Crippen molar-refractivity contribution in [1.82, 2.24) is 10.4 Å². The zero-order valence-electron chi connectivity index (χ0n) is 7.25. The summed E-state index contributed by atoms with van der Waals surface area (Å²) in [5.41, 5.74) is 3.36. The Bertz CT molecular complexity index is 175. The van der Waals surface area contributed by atoms with E-state index in [1.165, 1.54) is 32.4 Å². The minimum absolute atomic E-state index is 0.987. The van der Waals surface area contributed by atoms with Gasteiger partial charge in [0.15, 0.2) is 5.17 Å². The number of thioether (sulfide) groups is 1. The van der Waals surface area contributed by atoms with Crippen LogP contribution in [0, 0.1) is 0 Å². The normalized spacial score (nSPS) is 25.5. The number of hydrogen-bond donors (Lipinski definition) is 1. The third-order valence-electron chi connectivity index (χ3n) is 2.20. The van der Waals surface area contributed by atoms with Crippen LogP contribution in [0.5, 0.6) is 0 Å². The predicted molar refractivity (Wildman–Crippen MR) is 53.3 cm³/mol. The molecule has 0 spiro atoms. The molecule has 2 aliphatic rings. The van der Waals surface area contributed by atoms with Gasteiger partial charge >= 0.3 is 0 Å². The summed E-state index contributed by atoms with van der Waals surface area (Å²) in [6.45, 7) is 3.35. The van der Waals surface area contributed by atoms with Crippen molar-refractivity contribution in [3.8, 4) is 0 Å². The van der Waals surface area contributed by atoms with Crippen molar-refractivity contribution >= 4 is 16.9 Å². The maximum Gasteiger partial charge on any atom is 0.171 e. The lowest BCUT2D eigenvalue weighted by Crippen LogP contribution is -2.43. The van der Waals surface area contributed by atoms with E-state index in [2.05, 4.69) is 15.4 Å². The summed E-state index contributed by atoms with van der Waals surface area (Å²) in [6.07, 6.45) is 4.04. The number of nitrogens with zero attached hydrogens (tertiary/aromatic N) is 2. The highest BCUT2D eigenvalue weighted by Gasteiger charge is 2.13. The van der Waals surface area contributed by atoms with Crippen LogP contribution in [0.2, 0.25) is 0 Å². The average molecular weight is 185 g/mol. The molecule has 0 aromatic rings. The molecule has 2 rings (SSSR count). The van der Waals surface area contributed by atoms with E-state index in [1.54, 1.807) is 0 Å². The molecule has 0 aromatic heterocycles. The van der Waals surface area contributed by atoms with Crippen molar-refractivity contribution in [3.05, 3.63) is 0 Å². The number of hydrogen-bond acceptors (Lipinski definition) is 4. The van der Waals surface area contributed by atoms with Gasteiger partial charge in [-0.1, -0.05) is 18.2 Å². The van der Waals surface area contributed by atoms with E-state index in [-0.39, 0.29) is 0 Å². The van der Waals surface area contributed by atoms with Crippen molar-refractivity contribution in [2.75, 3.05) is 25.4 Å². The van der Waals surface area contributed by atoms with Crippen molar-refractivity contribution in [3.63, 3.8) is 0 Å². The molecule has 0 radical (unpaired) electrons. The van der Waals surface area contributed by atoms with E-state index >= 15 is 0 Å². The van der Waals surface area contributed by atoms with E-state index in [4.69, 9.17) is 0 Å². The smallest absolute Gasteiger partial charge is 0.171 e. The van der Waals surface area contributed by atoms with Gasteiger partial charge in [0.25, 0.3) is 0 Å². The van der Waals surface area contributed by atoms with Gasteiger partial charge < -0.3 is 0 Å². The number of amidine groups is 1. The Labute approximate surface area is 77.6 Å². The first kappa shape index (κ1) is 8.38. The number of rotatable bonds is 1. The maximum atomic E-state index is 4.36. The van der Waals surface area contributed by atoms with Crippen molar-refractivity contribution in [2.24, 2.45) is 4.99 Å². The molecule has 1 fully saturated rings. The molecule has 0 amide bonds. The standard InChI is InChI=1S/C8H15N3S/c1-2-5-11(6-3-1)10-8-9-4-7-12-8/h1-7H2,(H,9,10). The lowest BCUT2D eigenvalue weighted by Gasteiger charge is -2.27. The van der Waals surface area contributed by atoms with Crippen LogP contribution in [0.25, 0.3) is 0 Å². The van der Waals surface area contributed by atoms with Gasteiger partial charge in [0, 0.05) is 18.8 Å². The van der Waals surface area contributed by atoms with E-state index in [0.717, 1.165) is 17.5 Å². The largest absolute Gasteiger partial charge is 0.298 e. The van der Waals surface area contributed by atoms with Crippen LogP contribution < -0.4 is 5.43 Å². The summed E-state index contributed by atoms with van der Waals surface area (Å²) in [6, 6.07) is 0. The first-order chi connectivity index (χ1) is 5.95. The van der Waals surface area contributed by atoms with Gasteiger partial charge in [0.1, 0.15) is 0 Å². The Kier molecular flexibility index (Phi) is 2.89. The van der Waals surface area contributed by atoms with Crippen LogP contribution >= 0.6 is 11.8 Å². The van der Waals surface area contributed by atoms with Crippen molar-refractivity contribution in [2.45, 2.75) is 19.3 Å². The number of nitrogens with one attached hydrogen (secondary N) is 1. The first-order valence-corrected chi connectivity index (χ1v) is 5.62. The summed E-state index contributed by atoms with van der Waals surface area (Å²) in [4.78, 5) is 4.36. The van der Waals surface area contributed by atoms with Gasteiger partial charge in [0.05, 0.1) is 6.54 Å². The van der Waals surface area contributed by atoms with Gasteiger partial charge in [-0.2, -0.15) is 0 Å². The molecule has 0 unspecified atom stereocenters. The lowest BCUT2D eigenvalue weighted by molar-refractivity contribution is 0.196. The molecule has 2 heterocycles. The first-order valence-electron chi connectivity index (χ1n) is 4.64. The molecule has 1 N–H and O–H groups in total. The van der Waals surface area contributed by atoms with Crippen LogP contribution in [0.4, 0.5) is 0 Å². The van der Waals surface area contributed by atoms with Gasteiger partial charge in [-0.3, -0.25) is 10.4 Å². The molecule has 0 saturated carbocycles. The SMILES string of the molecule is C1CCN(NC2=NCCS2)CC1. The summed E-state index contributed by atoms with van der Waals surface area (Å²) in [5.74, 6) is 1.15. The Balaban J connectivity index is 1.77. The minimum Gasteiger partial charge on any atom is -0.298 e. The molecule has 3 nitrogen and oxygen atoms in total. The molecule has 0 aromatic carbocycles. The van der Waals surface area contributed by atoms with E-state index in [9.17, 15) is 0 Å². The monoisotopic (exact) mass is 185 g/mol. The zero-order chi connectivity index (χ0) is 8.23. The van der Waals surface area contributed by atoms with Crippen LogP contribution in [0.3, 0.4) is 0 Å². The van der Waals surface area contributed by atoms with Gasteiger partial charge in [0.2, 0.25) is 0 Å². The van der Waals surface area contributed by atoms with Crippen LogP contribution in [0.1, 0.15) is 19.3 Å². The van der Waals surface area contributed by atoms with Gasteiger partial charge in [-0.25, -0.2) is 5.01 Å². The Morgan fingerprint density at radius 2 is 2.08 bits per heavy atom. The topological polar surface area (TPSA) is 27.6 Å². The molecule has 68 valence electrons. The highest BCUT2D eigenvalue weighted by molar-refractivity contribution is 8.14. The molecular formula is C8H15N3S. The van der Waals surface area contributed by atoms with Crippen LogP contribution in [-0.2, 0) is 0 Å². The fourth-order valence-corrected chi connectivity index (χ4v) is 2.30. The third-order valence-corrected chi connectivity index (χ3v) is 3.08. The average Bonchev–Trinajstić information content (AvgIpc) is 2.59. The minimum atomic E-state index is 0.987. The summed E-state index contributed by atoms with van der Waals surface area (Å²) < 4.78 is 0. The van der Waals surface area contributed by atoms with E-state index < -0.39 is 0 Å². The number of aliphatic imine (C=N–C) groups is 1. The van der Waals surface area contributed by atoms with Crippen LogP contribution in [0.15, 0.2) is 4.99 Å². The Morgan fingerprint density at radius 3 is 2.75 bits per heavy atom. The highest BCUT2D eigenvalue weighted by Crippen LogP contribution is 2.12. The molecule has 1 saturated heterocycles.